The number of nitrogens with zero attached hydrogens (tertiary/aromatic N) is 4. The highest BCUT2D eigenvalue weighted by molar-refractivity contribution is 7.19. The zero-order chi connectivity index (χ0) is 10.3. The average Bonchev–Trinajstić information content (AvgIpc) is 2.77. The lowest BCUT2D eigenvalue weighted by Gasteiger charge is -1.96. The maximum atomic E-state index is 6.07. The van der Waals surface area contributed by atoms with Gasteiger partial charge in [-0.2, -0.15) is 9.61 Å². The molecule has 0 saturated heterocycles. The van der Waals surface area contributed by atoms with E-state index in [-0.39, 0.29) is 0 Å². The van der Waals surface area contributed by atoms with Crippen LogP contribution in [0.3, 0.4) is 0 Å². The van der Waals surface area contributed by atoms with Gasteiger partial charge in [-0.3, -0.25) is 0 Å². The third kappa shape index (κ3) is 1.40. The Bertz CT molecular complexity index is 587. The number of benzene rings is 1. The van der Waals surface area contributed by atoms with Gasteiger partial charge in [0.05, 0.1) is 5.02 Å². The second kappa shape index (κ2) is 3.29. The number of fused-ring (bicyclic) bond motifs is 1. The Kier molecular flexibility index (Phi) is 1.93. The summed E-state index contributed by atoms with van der Waals surface area (Å²) in [6, 6.07) is 7.61. The van der Waals surface area contributed by atoms with Crippen molar-refractivity contribution in [3.05, 3.63) is 35.6 Å². The summed E-state index contributed by atoms with van der Waals surface area (Å²) in [5.41, 5.74) is 0.926. The standard InChI is InChI=1S/C9H5ClN4S/c10-7-4-2-1-3-6(7)8-13-14-5-11-12-9(14)15-8/h1-5H. The molecule has 1 aromatic carbocycles. The molecule has 0 saturated carbocycles. The van der Waals surface area contributed by atoms with Crippen LogP contribution in [-0.2, 0) is 0 Å². The third-order valence-electron chi connectivity index (χ3n) is 1.99. The van der Waals surface area contributed by atoms with Crippen molar-refractivity contribution in [2.45, 2.75) is 0 Å². The fraction of sp³-hybridized carbons (Fsp3) is 0. The third-order valence-corrected chi connectivity index (χ3v) is 3.27. The largest absolute Gasteiger partial charge is 0.234 e. The highest BCUT2D eigenvalue weighted by Gasteiger charge is 2.09. The number of hydrogen-bond donors (Lipinski definition) is 0. The van der Waals surface area contributed by atoms with Crippen LogP contribution in [0, 0.1) is 0 Å². The molecule has 3 aromatic rings. The summed E-state index contributed by atoms with van der Waals surface area (Å²) in [6.45, 7) is 0. The Morgan fingerprint density at radius 3 is 2.93 bits per heavy atom. The van der Waals surface area contributed by atoms with Crippen molar-refractivity contribution in [1.82, 2.24) is 19.8 Å². The first-order chi connectivity index (χ1) is 7.34. The average molecular weight is 237 g/mol. The van der Waals surface area contributed by atoms with Crippen LogP contribution in [0.4, 0.5) is 0 Å². The number of rotatable bonds is 1. The molecular weight excluding hydrogens is 232 g/mol. The minimum absolute atomic E-state index is 0.697. The van der Waals surface area contributed by atoms with Gasteiger partial charge >= 0.3 is 0 Å². The molecule has 0 radical (unpaired) electrons. The molecule has 3 rings (SSSR count). The minimum Gasteiger partial charge on any atom is -0.190 e. The van der Waals surface area contributed by atoms with Crippen LogP contribution in [0.25, 0.3) is 15.5 Å². The van der Waals surface area contributed by atoms with Crippen molar-refractivity contribution in [1.29, 1.82) is 0 Å². The SMILES string of the molecule is Clc1ccccc1-c1nn2cnnc2s1. The normalized spacial score (nSPS) is 11.0. The van der Waals surface area contributed by atoms with Crippen LogP contribution in [0.1, 0.15) is 0 Å². The number of hydrogen-bond acceptors (Lipinski definition) is 4. The van der Waals surface area contributed by atoms with Crippen LogP contribution in [0.2, 0.25) is 5.02 Å². The second-order valence-corrected chi connectivity index (χ2v) is 4.31. The van der Waals surface area contributed by atoms with Crippen molar-refractivity contribution in [3.63, 3.8) is 0 Å². The van der Waals surface area contributed by atoms with Gasteiger partial charge in [0, 0.05) is 5.56 Å². The van der Waals surface area contributed by atoms with E-state index in [4.69, 9.17) is 11.6 Å². The Balaban J connectivity index is 2.22. The molecule has 0 aliphatic rings. The number of halogens is 1. The predicted octanol–water partition coefficient (Wildman–Crippen LogP) is 2.51. The van der Waals surface area contributed by atoms with Crippen molar-refractivity contribution in [3.8, 4) is 10.6 Å². The van der Waals surface area contributed by atoms with Crippen LogP contribution >= 0.6 is 22.9 Å². The van der Waals surface area contributed by atoms with E-state index in [0.29, 0.717) is 5.02 Å². The molecular formula is C9H5ClN4S. The molecule has 0 N–H and O–H groups in total. The lowest BCUT2D eigenvalue weighted by Crippen LogP contribution is -1.82. The van der Waals surface area contributed by atoms with Gasteiger partial charge in [-0.1, -0.05) is 41.1 Å². The maximum absolute atomic E-state index is 6.07. The molecule has 2 aromatic heterocycles. The van der Waals surface area contributed by atoms with Crippen molar-refractivity contribution < 1.29 is 0 Å². The lowest BCUT2D eigenvalue weighted by atomic mass is 10.2. The Labute approximate surface area is 94.1 Å². The van der Waals surface area contributed by atoms with Crippen LogP contribution in [-0.4, -0.2) is 19.8 Å². The molecule has 0 aliphatic carbocycles. The fourth-order valence-electron chi connectivity index (χ4n) is 1.30. The van der Waals surface area contributed by atoms with Gasteiger partial charge in [0.15, 0.2) is 0 Å². The zero-order valence-electron chi connectivity index (χ0n) is 7.46. The summed E-state index contributed by atoms with van der Waals surface area (Å²) in [5, 5.41) is 13.5. The summed E-state index contributed by atoms with van der Waals surface area (Å²) < 4.78 is 1.64. The molecule has 0 atom stereocenters. The van der Waals surface area contributed by atoms with E-state index in [0.717, 1.165) is 15.5 Å². The molecule has 0 bridgehead atoms. The van der Waals surface area contributed by atoms with E-state index >= 15 is 0 Å². The summed E-state index contributed by atoms with van der Waals surface area (Å²) in [4.78, 5) is 0.768. The summed E-state index contributed by atoms with van der Waals surface area (Å²) >= 11 is 7.54. The van der Waals surface area contributed by atoms with Gasteiger partial charge in [0.25, 0.3) is 0 Å². The Hall–Kier alpha value is -1.46. The van der Waals surface area contributed by atoms with Gasteiger partial charge in [-0.15, -0.1) is 10.2 Å². The Morgan fingerprint density at radius 2 is 2.13 bits per heavy atom. The van der Waals surface area contributed by atoms with E-state index in [1.54, 1.807) is 10.8 Å². The second-order valence-electron chi connectivity index (χ2n) is 2.95. The van der Waals surface area contributed by atoms with E-state index in [1.807, 2.05) is 24.3 Å². The van der Waals surface area contributed by atoms with Crippen LogP contribution in [0.15, 0.2) is 30.6 Å². The summed E-state index contributed by atoms with van der Waals surface area (Å²) in [6.07, 6.45) is 1.58. The fourth-order valence-corrected chi connectivity index (χ4v) is 2.44. The van der Waals surface area contributed by atoms with E-state index in [1.165, 1.54) is 11.3 Å². The molecule has 15 heavy (non-hydrogen) atoms. The van der Waals surface area contributed by atoms with Crippen molar-refractivity contribution in [2.24, 2.45) is 0 Å². The summed E-state index contributed by atoms with van der Waals surface area (Å²) in [7, 11) is 0. The first-order valence-corrected chi connectivity index (χ1v) is 5.46. The van der Waals surface area contributed by atoms with Crippen molar-refractivity contribution in [2.75, 3.05) is 0 Å². The molecule has 2 heterocycles. The van der Waals surface area contributed by atoms with Crippen LogP contribution < -0.4 is 0 Å². The topological polar surface area (TPSA) is 43.1 Å². The lowest BCUT2D eigenvalue weighted by molar-refractivity contribution is 0.960. The maximum Gasteiger partial charge on any atom is 0.234 e. The molecule has 0 amide bonds. The molecule has 0 spiro atoms. The van der Waals surface area contributed by atoms with E-state index in [2.05, 4.69) is 15.3 Å². The molecule has 74 valence electrons. The quantitative estimate of drug-likeness (QED) is 0.652. The van der Waals surface area contributed by atoms with Gasteiger partial charge in [0.1, 0.15) is 11.3 Å². The molecule has 0 fully saturated rings. The predicted molar refractivity (Wildman–Crippen MR) is 59.1 cm³/mol. The summed E-state index contributed by atoms with van der Waals surface area (Å²) in [5.74, 6) is 0. The monoisotopic (exact) mass is 236 g/mol. The molecule has 0 aliphatic heterocycles. The molecule has 4 nitrogen and oxygen atoms in total. The molecule has 6 heteroatoms. The van der Waals surface area contributed by atoms with E-state index in [9.17, 15) is 0 Å². The van der Waals surface area contributed by atoms with Gasteiger partial charge in [0.2, 0.25) is 4.96 Å². The first kappa shape index (κ1) is 8.82. The van der Waals surface area contributed by atoms with Gasteiger partial charge in [-0.05, 0) is 6.07 Å². The van der Waals surface area contributed by atoms with Gasteiger partial charge in [-0.25, -0.2) is 0 Å². The molecule has 0 unspecified atom stereocenters. The first-order valence-electron chi connectivity index (χ1n) is 4.26. The smallest absolute Gasteiger partial charge is 0.190 e. The van der Waals surface area contributed by atoms with E-state index < -0.39 is 0 Å². The van der Waals surface area contributed by atoms with Crippen molar-refractivity contribution >= 4 is 27.9 Å². The highest BCUT2D eigenvalue weighted by atomic mass is 35.5. The highest BCUT2D eigenvalue weighted by Crippen LogP contribution is 2.30. The minimum atomic E-state index is 0.697. The van der Waals surface area contributed by atoms with Crippen LogP contribution in [0.5, 0.6) is 0 Å². The zero-order valence-corrected chi connectivity index (χ0v) is 9.03. The number of aromatic nitrogens is 4. The Morgan fingerprint density at radius 1 is 1.27 bits per heavy atom. The van der Waals surface area contributed by atoms with Gasteiger partial charge < -0.3 is 0 Å².